The minimum atomic E-state index is 0.0222. The van der Waals surface area contributed by atoms with Gasteiger partial charge in [-0.1, -0.05) is 6.92 Å². The molecule has 0 radical (unpaired) electrons. The van der Waals surface area contributed by atoms with Gasteiger partial charge in [-0.15, -0.1) is 0 Å². The maximum absolute atomic E-state index is 5.85. The number of rotatable bonds is 6. The second-order valence-corrected chi connectivity index (χ2v) is 4.98. The van der Waals surface area contributed by atoms with Crippen molar-refractivity contribution in [2.24, 2.45) is 0 Å². The molecule has 1 saturated heterocycles. The lowest BCUT2D eigenvalue weighted by Crippen LogP contribution is -2.11. The van der Waals surface area contributed by atoms with E-state index in [0.717, 1.165) is 43.1 Å². The zero-order chi connectivity index (χ0) is 13.7. The minimum absolute atomic E-state index is 0.0222. The van der Waals surface area contributed by atoms with Crippen molar-refractivity contribution in [2.45, 2.75) is 51.9 Å². The molecule has 19 heavy (non-hydrogen) atoms. The van der Waals surface area contributed by atoms with Crippen LogP contribution in [0.3, 0.4) is 0 Å². The molecule has 0 saturated carbocycles. The number of methoxy groups -OCH3 is 1. The van der Waals surface area contributed by atoms with Gasteiger partial charge in [-0.05, 0) is 26.2 Å². The predicted octanol–water partition coefficient (Wildman–Crippen LogP) is 2.68. The molecule has 1 aromatic heterocycles. The summed E-state index contributed by atoms with van der Waals surface area (Å²) in [5, 5.41) is 3.31. The fraction of sp³-hybridized carbons (Fsp3) is 0.714. The number of anilines is 1. The van der Waals surface area contributed by atoms with E-state index in [-0.39, 0.29) is 6.10 Å². The second-order valence-electron chi connectivity index (χ2n) is 4.98. The summed E-state index contributed by atoms with van der Waals surface area (Å²) >= 11 is 0. The first-order chi connectivity index (χ1) is 9.22. The van der Waals surface area contributed by atoms with E-state index in [2.05, 4.69) is 29.1 Å². The Morgan fingerprint density at radius 1 is 1.42 bits per heavy atom. The highest BCUT2D eigenvalue weighted by Crippen LogP contribution is 2.31. The van der Waals surface area contributed by atoms with Crippen LogP contribution in [0.25, 0.3) is 0 Å². The highest BCUT2D eigenvalue weighted by Gasteiger charge is 2.26. The number of hydrogen-bond acceptors (Lipinski definition) is 5. The first-order valence-electron chi connectivity index (χ1n) is 6.99. The normalized spacial score (nSPS) is 22.7. The molecule has 1 aliphatic rings. The van der Waals surface area contributed by atoms with E-state index in [9.17, 15) is 0 Å². The Morgan fingerprint density at radius 2 is 2.26 bits per heavy atom. The van der Waals surface area contributed by atoms with Gasteiger partial charge in [-0.3, -0.25) is 0 Å². The van der Waals surface area contributed by atoms with E-state index < -0.39 is 0 Å². The summed E-state index contributed by atoms with van der Waals surface area (Å²) in [6.45, 7) is 5.63. The fourth-order valence-electron chi connectivity index (χ4n) is 2.22. The van der Waals surface area contributed by atoms with Crippen LogP contribution in [0.15, 0.2) is 6.07 Å². The number of hydrogen-bond donors (Lipinski definition) is 1. The molecular formula is C14H23N3O2. The van der Waals surface area contributed by atoms with Gasteiger partial charge in [0, 0.05) is 19.7 Å². The first kappa shape index (κ1) is 14.2. The van der Waals surface area contributed by atoms with Crippen molar-refractivity contribution >= 4 is 5.82 Å². The average molecular weight is 265 g/mol. The molecule has 0 amide bonds. The monoisotopic (exact) mass is 265 g/mol. The lowest BCUT2D eigenvalue weighted by Gasteiger charge is -2.13. The van der Waals surface area contributed by atoms with E-state index in [0.29, 0.717) is 12.7 Å². The molecule has 1 aliphatic heterocycles. The van der Waals surface area contributed by atoms with Crippen LogP contribution in [0.1, 0.15) is 50.7 Å². The zero-order valence-electron chi connectivity index (χ0n) is 12.0. The minimum Gasteiger partial charge on any atom is -0.378 e. The SMILES string of the molecule is CCCNc1cc(COC)nc(C2CCC(C)O2)n1. The van der Waals surface area contributed by atoms with Gasteiger partial charge < -0.3 is 14.8 Å². The molecule has 2 unspecified atom stereocenters. The van der Waals surface area contributed by atoms with Crippen LogP contribution >= 0.6 is 0 Å². The van der Waals surface area contributed by atoms with Crippen molar-refractivity contribution < 1.29 is 9.47 Å². The summed E-state index contributed by atoms with van der Waals surface area (Å²) in [5.74, 6) is 1.64. The third-order valence-corrected chi connectivity index (χ3v) is 3.16. The molecule has 1 fully saturated rings. The molecule has 106 valence electrons. The third-order valence-electron chi connectivity index (χ3n) is 3.16. The number of aromatic nitrogens is 2. The quantitative estimate of drug-likeness (QED) is 0.857. The Balaban J connectivity index is 2.18. The van der Waals surface area contributed by atoms with E-state index in [1.54, 1.807) is 7.11 Å². The summed E-state index contributed by atoms with van der Waals surface area (Å²) in [4.78, 5) is 9.11. The van der Waals surface area contributed by atoms with Crippen LogP contribution in [0.2, 0.25) is 0 Å². The fourth-order valence-corrected chi connectivity index (χ4v) is 2.22. The lowest BCUT2D eigenvalue weighted by atomic mass is 10.2. The molecule has 2 heterocycles. The van der Waals surface area contributed by atoms with Crippen molar-refractivity contribution in [1.29, 1.82) is 0 Å². The third kappa shape index (κ3) is 3.88. The van der Waals surface area contributed by atoms with Gasteiger partial charge in [0.2, 0.25) is 0 Å². The topological polar surface area (TPSA) is 56.3 Å². The van der Waals surface area contributed by atoms with Crippen LogP contribution in [-0.2, 0) is 16.1 Å². The largest absolute Gasteiger partial charge is 0.378 e. The Bertz CT molecular complexity index is 412. The predicted molar refractivity (Wildman–Crippen MR) is 74.0 cm³/mol. The smallest absolute Gasteiger partial charge is 0.159 e. The van der Waals surface area contributed by atoms with Gasteiger partial charge in [0.1, 0.15) is 11.9 Å². The summed E-state index contributed by atoms with van der Waals surface area (Å²) in [6.07, 6.45) is 3.45. The Morgan fingerprint density at radius 3 is 2.89 bits per heavy atom. The molecule has 0 spiro atoms. The zero-order valence-corrected chi connectivity index (χ0v) is 12.0. The van der Waals surface area contributed by atoms with E-state index in [1.807, 2.05) is 6.07 Å². The Kier molecular flexibility index (Phi) is 5.10. The van der Waals surface area contributed by atoms with Crippen molar-refractivity contribution in [3.8, 4) is 0 Å². The summed E-state index contributed by atoms with van der Waals surface area (Å²) in [7, 11) is 1.68. The van der Waals surface area contributed by atoms with Crippen LogP contribution in [0.4, 0.5) is 5.82 Å². The molecule has 0 aliphatic carbocycles. The number of nitrogens with one attached hydrogen (secondary N) is 1. The Hall–Kier alpha value is -1.20. The van der Waals surface area contributed by atoms with Crippen LogP contribution in [0, 0.1) is 0 Å². The van der Waals surface area contributed by atoms with Crippen molar-refractivity contribution in [1.82, 2.24) is 9.97 Å². The number of ether oxygens (including phenoxy) is 2. The maximum atomic E-state index is 5.85. The van der Waals surface area contributed by atoms with Gasteiger partial charge in [0.25, 0.3) is 0 Å². The standard InChI is InChI=1S/C14H23N3O2/c1-4-7-15-13-8-11(9-18-3)16-14(17-13)12-6-5-10(2)19-12/h8,10,12H,4-7,9H2,1-3H3,(H,15,16,17). The average Bonchev–Trinajstić information content (AvgIpc) is 2.83. The molecule has 5 heteroatoms. The van der Waals surface area contributed by atoms with E-state index >= 15 is 0 Å². The van der Waals surface area contributed by atoms with Gasteiger partial charge in [-0.25, -0.2) is 9.97 Å². The van der Waals surface area contributed by atoms with E-state index in [1.165, 1.54) is 0 Å². The van der Waals surface area contributed by atoms with E-state index in [4.69, 9.17) is 9.47 Å². The molecular weight excluding hydrogens is 242 g/mol. The maximum Gasteiger partial charge on any atom is 0.159 e. The molecule has 0 aromatic carbocycles. The van der Waals surface area contributed by atoms with Crippen molar-refractivity contribution in [3.05, 3.63) is 17.6 Å². The highest BCUT2D eigenvalue weighted by atomic mass is 16.5. The van der Waals surface area contributed by atoms with Crippen LogP contribution in [-0.4, -0.2) is 29.7 Å². The summed E-state index contributed by atoms with van der Waals surface area (Å²) in [5.41, 5.74) is 0.897. The molecule has 0 bridgehead atoms. The van der Waals surface area contributed by atoms with Crippen molar-refractivity contribution in [2.75, 3.05) is 19.0 Å². The van der Waals surface area contributed by atoms with Crippen LogP contribution < -0.4 is 5.32 Å². The van der Waals surface area contributed by atoms with Gasteiger partial charge in [-0.2, -0.15) is 0 Å². The summed E-state index contributed by atoms with van der Waals surface area (Å²) < 4.78 is 11.0. The van der Waals surface area contributed by atoms with Crippen molar-refractivity contribution in [3.63, 3.8) is 0 Å². The van der Waals surface area contributed by atoms with Gasteiger partial charge >= 0.3 is 0 Å². The van der Waals surface area contributed by atoms with Gasteiger partial charge in [0.05, 0.1) is 18.4 Å². The van der Waals surface area contributed by atoms with Crippen LogP contribution in [0.5, 0.6) is 0 Å². The Labute approximate surface area is 114 Å². The molecule has 2 rings (SSSR count). The second kappa shape index (κ2) is 6.82. The molecule has 5 nitrogen and oxygen atoms in total. The first-order valence-corrected chi connectivity index (χ1v) is 6.99. The summed E-state index contributed by atoms with van der Waals surface area (Å²) in [6, 6.07) is 1.95. The van der Waals surface area contributed by atoms with Gasteiger partial charge in [0.15, 0.2) is 5.82 Å². The highest BCUT2D eigenvalue weighted by molar-refractivity contribution is 5.36. The lowest BCUT2D eigenvalue weighted by molar-refractivity contribution is 0.0499. The molecule has 1 N–H and O–H groups in total. The number of nitrogens with zero attached hydrogens (tertiary/aromatic N) is 2. The molecule has 2 atom stereocenters. The molecule has 1 aromatic rings.